The molecule has 68 valence electrons. The number of fused-ring (bicyclic) bond motifs is 1. The molecule has 0 fully saturated rings. The number of nitrogens with one attached hydrogen (secondary N) is 1. The summed E-state index contributed by atoms with van der Waals surface area (Å²) in [4.78, 5) is 0. The van der Waals surface area contributed by atoms with E-state index >= 15 is 0 Å². The van der Waals surface area contributed by atoms with Gasteiger partial charge in [0.05, 0.1) is 5.69 Å². The summed E-state index contributed by atoms with van der Waals surface area (Å²) in [7, 11) is 0. The molecule has 12 heavy (non-hydrogen) atoms. The van der Waals surface area contributed by atoms with Crippen molar-refractivity contribution < 1.29 is 0 Å². The van der Waals surface area contributed by atoms with E-state index in [1.54, 1.807) is 6.20 Å². The van der Waals surface area contributed by atoms with Crippen LogP contribution in [-0.2, 0) is 13.0 Å². The second kappa shape index (κ2) is 5.30. The van der Waals surface area contributed by atoms with Gasteiger partial charge in [0, 0.05) is 25.7 Å². The van der Waals surface area contributed by atoms with Crippen molar-refractivity contribution in [1.82, 2.24) is 15.5 Å². The first-order chi connectivity index (χ1) is 4.97. The third-order valence-electron chi connectivity index (χ3n) is 1.75. The molecule has 2 heterocycles. The summed E-state index contributed by atoms with van der Waals surface area (Å²) < 4.78 is 0. The van der Waals surface area contributed by atoms with Gasteiger partial charge in [-0.15, -0.1) is 24.8 Å². The van der Waals surface area contributed by atoms with E-state index in [2.05, 4.69) is 15.5 Å². The van der Waals surface area contributed by atoms with Gasteiger partial charge in [0.15, 0.2) is 0 Å². The molecule has 5 heteroatoms. The van der Waals surface area contributed by atoms with Crippen molar-refractivity contribution in [2.45, 2.75) is 13.0 Å². The Kier molecular flexibility index (Phi) is 5.13. The first kappa shape index (κ1) is 11.6. The molecule has 0 aliphatic carbocycles. The highest BCUT2D eigenvalue weighted by atomic mass is 35.5. The fraction of sp³-hybridized carbons (Fsp3) is 0.429. The van der Waals surface area contributed by atoms with Crippen molar-refractivity contribution in [2.24, 2.45) is 0 Å². The Labute approximate surface area is 83.8 Å². The Morgan fingerprint density at radius 3 is 2.92 bits per heavy atom. The maximum absolute atomic E-state index is 4.03. The number of nitrogens with zero attached hydrogens (tertiary/aromatic N) is 2. The Balaban J connectivity index is 0.000000605. The molecule has 0 amide bonds. The molecule has 0 spiro atoms. The third kappa shape index (κ3) is 2.30. The average molecular weight is 208 g/mol. The smallest absolute Gasteiger partial charge is 0.0688 e. The van der Waals surface area contributed by atoms with Gasteiger partial charge in [-0.1, -0.05) is 0 Å². The largest absolute Gasteiger partial charge is 0.312 e. The van der Waals surface area contributed by atoms with E-state index in [0.717, 1.165) is 25.2 Å². The fourth-order valence-electron chi connectivity index (χ4n) is 1.19. The minimum Gasteiger partial charge on any atom is -0.312 e. The van der Waals surface area contributed by atoms with Crippen LogP contribution in [-0.4, -0.2) is 16.7 Å². The Morgan fingerprint density at radius 2 is 2.17 bits per heavy atom. The molecule has 0 bridgehead atoms. The normalized spacial score (nSPS) is 13.7. The van der Waals surface area contributed by atoms with Gasteiger partial charge >= 0.3 is 0 Å². The van der Waals surface area contributed by atoms with Gasteiger partial charge in [-0.25, -0.2) is 0 Å². The Hall–Kier alpha value is -0.380. The Morgan fingerprint density at radius 1 is 1.33 bits per heavy atom. The summed E-state index contributed by atoms with van der Waals surface area (Å²) in [6.45, 7) is 1.98. The molecule has 1 aliphatic rings. The number of rotatable bonds is 0. The number of aromatic nitrogens is 2. The molecule has 1 N–H and O–H groups in total. The minimum atomic E-state index is 0. The second-order valence-corrected chi connectivity index (χ2v) is 2.43. The predicted molar refractivity (Wildman–Crippen MR) is 51.9 cm³/mol. The zero-order valence-electron chi connectivity index (χ0n) is 6.49. The van der Waals surface area contributed by atoms with Crippen molar-refractivity contribution in [3.8, 4) is 0 Å². The monoisotopic (exact) mass is 207 g/mol. The van der Waals surface area contributed by atoms with Crippen LogP contribution in [0, 0.1) is 0 Å². The molecular formula is C7H11Cl2N3. The van der Waals surface area contributed by atoms with Crippen LogP contribution >= 0.6 is 24.8 Å². The van der Waals surface area contributed by atoms with Crippen LogP contribution in [0.2, 0.25) is 0 Å². The summed E-state index contributed by atoms with van der Waals surface area (Å²) in [6.07, 6.45) is 2.76. The standard InChI is InChI=1S/C7H9N3.2ClH/c1-4-9-10-7-2-3-8-5-6(1)7;;/h1,4,8H,2-3,5H2;2*1H. The summed E-state index contributed by atoms with van der Waals surface area (Å²) >= 11 is 0. The highest BCUT2D eigenvalue weighted by molar-refractivity contribution is 5.85. The van der Waals surface area contributed by atoms with E-state index in [-0.39, 0.29) is 24.8 Å². The zero-order valence-corrected chi connectivity index (χ0v) is 8.12. The first-order valence-corrected chi connectivity index (χ1v) is 3.47. The summed E-state index contributed by atoms with van der Waals surface area (Å²) in [5, 5.41) is 11.1. The van der Waals surface area contributed by atoms with Crippen LogP contribution in [0.5, 0.6) is 0 Å². The van der Waals surface area contributed by atoms with E-state index in [0.29, 0.717) is 0 Å². The van der Waals surface area contributed by atoms with E-state index in [4.69, 9.17) is 0 Å². The van der Waals surface area contributed by atoms with Gasteiger partial charge in [-0.2, -0.15) is 10.2 Å². The van der Waals surface area contributed by atoms with Gasteiger partial charge in [-0.05, 0) is 11.6 Å². The number of halogens is 2. The zero-order chi connectivity index (χ0) is 6.81. The van der Waals surface area contributed by atoms with Crippen LogP contribution < -0.4 is 5.32 Å². The number of hydrogen-bond acceptors (Lipinski definition) is 3. The first-order valence-electron chi connectivity index (χ1n) is 3.47. The molecule has 0 radical (unpaired) electrons. The van der Waals surface area contributed by atoms with Crippen LogP contribution in [0.25, 0.3) is 0 Å². The van der Waals surface area contributed by atoms with Crippen molar-refractivity contribution in [3.05, 3.63) is 23.5 Å². The Bertz CT molecular complexity index is 217. The molecule has 0 saturated carbocycles. The number of hydrogen-bond donors (Lipinski definition) is 1. The maximum Gasteiger partial charge on any atom is 0.0688 e. The van der Waals surface area contributed by atoms with Crippen LogP contribution in [0.3, 0.4) is 0 Å². The molecule has 2 rings (SSSR count). The molecule has 0 unspecified atom stereocenters. The van der Waals surface area contributed by atoms with Gasteiger partial charge in [0.1, 0.15) is 0 Å². The lowest BCUT2D eigenvalue weighted by atomic mass is 10.1. The highest BCUT2D eigenvalue weighted by Crippen LogP contribution is 2.07. The molecule has 1 aromatic heterocycles. The van der Waals surface area contributed by atoms with E-state index in [9.17, 15) is 0 Å². The van der Waals surface area contributed by atoms with Gasteiger partial charge in [0.2, 0.25) is 0 Å². The second-order valence-electron chi connectivity index (χ2n) is 2.43. The minimum absolute atomic E-state index is 0. The van der Waals surface area contributed by atoms with Crippen molar-refractivity contribution in [3.63, 3.8) is 0 Å². The maximum atomic E-state index is 4.03. The van der Waals surface area contributed by atoms with E-state index < -0.39 is 0 Å². The lowest BCUT2D eigenvalue weighted by molar-refractivity contribution is 0.620. The van der Waals surface area contributed by atoms with E-state index in [1.807, 2.05) is 6.07 Å². The molecule has 3 nitrogen and oxygen atoms in total. The molecule has 1 aliphatic heterocycles. The van der Waals surface area contributed by atoms with Gasteiger partial charge in [0.25, 0.3) is 0 Å². The summed E-state index contributed by atoms with van der Waals surface area (Å²) in [5.41, 5.74) is 2.45. The fourth-order valence-corrected chi connectivity index (χ4v) is 1.19. The van der Waals surface area contributed by atoms with Gasteiger partial charge < -0.3 is 5.32 Å². The van der Waals surface area contributed by atoms with Gasteiger partial charge in [-0.3, -0.25) is 0 Å². The SMILES string of the molecule is Cl.Cl.c1cc2c(nn1)CCNC2. The average Bonchev–Trinajstić information content (AvgIpc) is 2.05. The third-order valence-corrected chi connectivity index (χ3v) is 1.75. The van der Waals surface area contributed by atoms with Crippen LogP contribution in [0.4, 0.5) is 0 Å². The predicted octanol–water partition coefficient (Wildman–Crippen LogP) is 0.966. The van der Waals surface area contributed by atoms with Crippen LogP contribution in [0.1, 0.15) is 11.3 Å². The molecule has 1 aromatic rings. The molecule has 0 saturated heterocycles. The van der Waals surface area contributed by atoms with Crippen molar-refractivity contribution in [1.29, 1.82) is 0 Å². The quantitative estimate of drug-likeness (QED) is 0.690. The molecule has 0 aromatic carbocycles. The lowest BCUT2D eigenvalue weighted by Crippen LogP contribution is -2.24. The molecular weight excluding hydrogens is 197 g/mol. The summed E-state index contributed by atoms with van der Waals surface area (Å²) in [5.74, 6) is 0. The lowest BCUT2D eigenvalue weighted by Gasteiger charge is -2.13. The van der Waals surface area contributed by atoms with Crippen LogP contribution in [0.15, 0.2) is 12.3 Å². The topological polar surface area (TPSA) is 37.8 Å². The summed E-state index contributed by atoms with van der Waals surface area (Å²) in [6, 6.07) is 2.02. The van der Waals surface area contributed by atoms with Crippen molar-refractivity contribution >= 4 is 24.8 Å². The molecule has 0 atom stereocenters. The van der Waals surface area contributed by atoms with E-state index in [1.165, 1.54) is 5.56 Å². The van der Waals surface area contributed by atoms with Crippen molar-refractivity contribution in [2.75, 3.05) is 6.54 Å². The highest BCUT2D eigenvalue weighted by Gasteiger charge is 2.07.